The van der Waals surface area contributed by atoms with Crippen LogP contribution in [0.15, 0.2) is 0 Å². The largest absolute Gasteiger partial charge is 0.542 e. The lowest BCUT2D eigenvalue weighted by Gasteiger charge is -2.05. The zero-order chi connectivity index (χ0) is 19.1. The van der Waals surface area contributed by atoms with Crippen LogP contribution in [0.1, 0.15) is 117 Å². The van der Waals surface area contributed by atoms with Crippen LogP contribution in [-0.2, 0) is 19.6 Å². The summed E-state index contributed by atoms with van der Waals surface area (Å²) in [6.07, 6.45) is 19.3. The van der Waals surface area contributed by atoms with Gasteiger partial charge in [0.2, 0.25) is 0 Å². The molecule has 0 unspecified atom stereocenters. The Hall–Kier alpha value is -0.810. The molecule has 0 radical (unpaired) electrons. The molecule has 156 valence electrons. The summed E-state index contributed by atoms with van der Waals surface area (Å²) in [5, 5.41) is 4.30. The van der Waals surface area contributed by atoms with Gasteiger partial charge in [0.25, 0.3) is 0 Å². The smallest absolute Gasteiger partial charge is 0.432 e. The van der Waals surface area contributed by atoms with Crippen LogP contribution in [0.2, 0.25) is 0 Å². The third kappa shape index (κ3) is 21.2. The average molecular weight is 375 g/mol. The number of rotatable bonds is 20. The third-order valence-electron chi connectivity index (χ3n) is 4.45. The third-order valence-corrected chi connectivity index (χ3v) is 4.45. The minimum absolute atomic E-state index is 0.370. The van der Waals surface area contributed by atoms with Gasteiger partial charge in [0.1, 0.15) is 0 Å². The number of ether oxygens (including phenoxy) is 1. The lowest BCUT2D eigenvalue weighted by atomic mass is 10.0. The summed E-state index contributed by atoms with van der Waals surface area (Å²) in [5.41, 5.74) is 0. The standard InChI is InChI=1S/C21H42O5/c1-3-5-7-8-9-10-11-12-13-14-15-16-17-18-19-23-21(22)25-26-24-20-6-4-2/h3-20H2,1-2H3. The van der Waals surface area contributed by atoms with Gasteiger partial charge in [-0.1, -0.05) is 104 Å². The molecule has 0 saturated heterocycles. The Labute approximate surface area is 161 Å². The molecule has 5 heteroatoms. The van der Waals surface area contributed by atoms with E-state index in [-0.39, 0.29) is 0 Å². The molecule has 0 aliphatic rings. The lowest BCUT2D eigenvalue weighted by molar-refractivity contribution is -0.486. The van der Waals surface area contributed by atoms with Crippen LogP contribution >= 0.6 is 0 Å². The predicted molar refractivity (Wildman–Crippen MR) is 105 cm³/mol. The fraction of sp³-hybridized carbons (Fsp3) is 0.952. The van der Waals surface area contributed by atoms with Crippen LogP contribution in [0, 0.1) is 0 Å². The van der Waals surface area contributed by atoms with E-state index in [4.69, 9.17) is 4.74 Å². The first-order valence-corrected chi connectivity index (χ1v) is 10.9. The Morgan fingerprint density at radius 1 is 0.577 bits per heavy atom. The minimum Gasteiger partial charge on any atom is -0.432 e. The van der Waals surface area contributed by atoms with Crippen LogP contribution in [-0.4, -0.2) is 19.4 Å². The van der Waals surface area contributed by atoms with E-state index in [0.717, 1.165) is 25.7 Å². The summed E-state index contributed by atoms with van der Waals surface area (Å²) in [7, 11) is 0. The Bertz CT molecular complexity index is 284. The maximum absolute atomic E-state index is 11.2. The highest BCUT2D eigenvalue weighted by Crippen LogP contribution is 2.13. The second-order valence-electron chi connectivity index (χ2n) is 7.02. The maximum atomic E-state index is 11.2. The quantitative estimate of drug-likeness (QED) is 0.0969. The molecule has 26 heavy (non-hydrogen) atoms. The monoisotopic (exact) mass is 374 g/mol. The SMILES string of the molecule is CCCCCCCCCCCCCCCCOC(=O)OOOCCCC. The van der Waals surface area contributed by atoms with Crippen molar-refractivity contribution >= 4 is 6.16 Å². The number of hydrogen-bond donors (Lipinski definition) is 0. The highest BCUT2D eigenvalue weighted by Gasteiger charge is 2.05. The van der Waals surface area contributed by atoms with E-state index < -0.39 is 6.16 Å². The normalized spacial score (nSPS) is 10.8. The first-order valence-electron chi connectivity index (χ1n) is 10.9. The number of hydrogen-bond acceptors (Lipinski definition) is 5. The molecule has 0 rings (SSSR count). The molecule has 0 aliphatic heterocycles. The van der Waals surface area contributed by atoms with Crippen molar-refractivity contribution < 1.29 is 24.3 Å². The molecule has 0 bridgehead atoms. The number of carbonyl (C=O) groups is 1. The lowest BCUT2D eigenvalue weighted by Crippen LogP contribution is -2.10. The first-order chi connectivity index (χ1) is 12.8. The van der Waals surface area contributed by atoms with Gasteiger partial charge < -0.3 is 4.74 Å². The maximum Gasteiger partial charge on any atom is 0.542 e. The van der Waals surface area contributed by atoms with Crippen molar-refractivity contribution in [3.8, 4) is 0 Å². The van der Waals surface area contributed by atoms with E-state index in [9.17, 15) is 4.79 Å². The molecule has 0 amide bonds. The Balaban J connectivity index is 3.09. The molecule has 0 spiro atoms. The van der Waals surface area contributed by atoms with Gasteiger partial charge in [0.15, 0.2) is 0 Å². The van der Waals surface area contributed by atoms with Crippen molar-refractivity contribution in [1.82, 2.24) is 0 Å². The van der Waals surface area contributed by atoms with E-state index in [1.54, 1.807) is 0 Å². The molecule has 5 nitrogen and oxygen atoms in total. The van der Waals surface area contributed by atoms with E-state index in [1.807, 2.05) is 6.92 Å². The molecule has 0 N–H and O–H groups in total. The summed E-state index contributed by atoms with van der Waals surface area (Å²) < 4.78 is 4.89. The molecular weight excluding hydrogens is 332 g/mol. The molecule has 0 atom stereocenters. The van der Waals surface area contributed by atoms with Gasteiger partial charge in [0.05, 0.1) is 13.2 Å². The summed E-state index contributed by atoms with van der Waals surface area (Å²) in [4.78, 5) is 20.1. The van der Waals surface area contributed by atoms with Crippen molar-refractivity contribution in [3.63, 3.8) is 0 Å². The van der Waals surface area contributed by atoms with Gasteiger partial charge >= 0.3 is 6.16 Å². The van der Waals surface area contributed by atoms with Gasteiger partial charge in [-0.05, 0) is 17.9 Å². The van der Waals surface area contributed by atoms with Crippen LogP contribution in [0.4, 0.5) is 4.79 Å². The van der Waals surface area contributed by atoms with E-state index >= 15 is 0 Å². The van der Waals surface area contributed by atoms with Crippen molar-refractivity contribution in [2.45, 2.75) is 117 Å². The second-order valence-corrected chi connectivity index (χ2v) is 7.02. The Kier molecular flexibility index (Phi) is 21.5. The Morgan fingerprint density at radius 3 is 1.54 bits per heavy atom. The van der Waals surface area contributed by atoms with Crippen LogP contribution in [0.3, 0.4) is 0 Å². The highest BCUT2D eigenvalue weighted by atomic mass is 17.5. The molecule has 0 fully saturated rings. The molecule has 0 heterocycles. The van der Waals surface area contributed by atoms with E-state index in [1.165, 1.54) is 77.0 Å². The van der Waals surface area contributed by atoms with Crippen LogP contribution < -0.4 is 0 Å². The molecule has 0 aliphatic carbocycles. The first kappa shape index (κ1) is 25.2. The van der Waals surface area contributed by atoms with Crippen molar-refractivity contribution in [2.75, 3.05) is 13.2 Å². The van der Waals surface area contributed by atoms with Gasteiger partial charge in [-0.25, -0.2) is 9.68 Å². The Morgan fingerprint density at radius 2 is 1.04 bits per heavy atom. The summed E-state index contributed by atoms with van der Waals surface area (Å²) in [6, 6.07) is 0. The minimum atomic E-state index is -0.837. The van der Waals surface area contributed by atoms with Gasteiger partial charge in [-0.15, -0.1) is 0 Å². The fourth-order valence-corrected chi connectivity index (χ4v) is 2.77. The van der Waals surface area contributed by atoms with Crippen LogP contribution in [0.5, 0.6) is 0 Å². The zero-order valence-electron chi connectivity index (χ0n) is 17.3. The number of carbonyl (C=O) groups excluding carboxylic acids is 1. The van der Waals surface area contributed by atoms with Crippen molar-refractivity contribution in [2.24, 2.45) is 0 Å². The highest BCUT2D eigenvalue weighted by molar-refractivity contribution is 5.58. The molecule has 0 aromatic heterocycles. The molecular formula is C21H42O5. The van der Waals surface area contributed by atoms with Crippen LogP contribution in [0.25, 0.3) is 0 Å². The molecule has 0 saturated carbocycles. The van der Waals surface area contributed by atoms with E-state index in [2.05, 4.69) is 21.7 Å². The van der Waals surface area contributed by atoms with Crippen molar-refractivity contribution in [3.05, 3.63) is 0 Å². The molecule has 0 aromatic rings. The van der Waals surface area contributed by atoms with Gasteiger partial charge in [0, 0.05) is 0 Å². The topological polar surface area (TPSA) is 54.0 Å². The van der Waals surface area contributed by atoms with E-state index in [0.29, 0.717) is 13.2 Å². The molecule has 0 aromatic carbocycles. The zero-order valence-corrected chi connectivity index (χ0v) is 17.3. The number of unbranched alkanes of at least 4 members (excludes halogenated alkanes) is 14. The summed E-state index contributed by atoms with van der Waals surface area (Å²) >= 11 is 0. The van der Waals surface area contributed by atoms with Crippen molar-refractivity contribution in [1.29, 1.82) is 0 Å². The summed E-state index contributed by atoms with van der Waals surface area (Å²) in [5.74, 6) is 0. The van der Waals surface area contributed by atoms with Gasteiger partial charge in [-0.2, -0.15) is 4.89 Å². The fourth-order valence-electron chi connectivity index (χ4n) is 2.77. The summed E-state index contributed by atoms with van der Waals surface area (Å²) in [6.45, 7) is 5.08. The predicted octanol–water partition coefficient (Wildman–Crippen LogP) is 7.28. The van der Waals surface area contributed by atoms with Gasteiger partial charge in [-0.3, -0.25) is 0 Å². The average Bonchev–Trinajstić information content (AvgIpc) is 2.64. The second kappa shape index (κ2) is 22.2.